The number of benzene rings is 7. The molecule has 0 saturated heterocycles. The number of thiophene rings is 2. The average Bonchev–Trinajstić information content (AvgIpc) is 3.95. The minimum atomic E-state index is -0.199. The van der Waals surface area contributed by atoms with Gasteiger partial charge in [-0.05, 0) is 78.1 Å². The molecule has 0 spiro atoms. The molecule has 1 aliphatic heterocycles. The molecular weight excluding hydrogens is 733 g/mol. The molecule has 3 aromatic heterocycles. The van der Waals surface area contributed by atoms with Crippen molar-refractivity contribution in [2.75, 3.05) is 0 Å². The van der Waals surface area contributed by atoms with Crippen LogP contribution in [0.25, 0.3) is 79.0 Å². The van der Waals surface area contributed by atoms with E-state index < -0.39 is 0 Å². The Balaban J connectivity index is 0.926. The third kappa shape index (κ3) is 5.40. The van der Waals surface area contributed by atoms with E-state index >= 15 is 0 Å². The van der Waals surface area contributed by atoms with Gasteiger partial charge < -0.3 is 9.88 Å². The van der Waals surface area contributed by atoms with Crippen LogP contribution in [-0.4, -0.2) is 16.6 Å². The highest BCUT2D eigenvalue weighted by Gasteiger charge is 2.28. The Kier molecular flexibility index (Phi) is 7.58. The SMILES string of the molecule is C1=CC(C2NC(c3ccccc3)=NC(c3cccc4sc5cc(-c6ccc7c(c6)sc6ccc(-n8c9ccccc9c9ccccc98)cc67)ccc5c34)N2)=CCC1. The van der Waals surface area contributed by atoms with Crippen molar-refractivity contribution in [3.63, 3.8) is 0 Å². The molecule has 0 saturated carbocycles. The third-order valence-electron chi connectivity index (χ3n) is 11.7. The second-order valence-electron chi connectivity index (χ2n) is 15.1. The van der Waals surface area contributed by atoms with Crippen molar-refractivity contribution >= 4 is 90.7 Å². The highest BCUT2D eigenvalue weighted by Crippen LogP contribution is 2.43. The number of allylic oxidation sites excluding steroid dienone is 2. The molecular formula is C51H36N4S2. The molecule has 12 rings (SSSR count). The highest BCUT2D eigenvalue weighted by atomic mass is 32.1. The lowest BCUT2D eigenvalue weighted by Gasteiger charge is -2.33. The summed E-state index contributed by atoms with van der Waals surface area (Å²) in [6.45, 7) is 0. The Hall–Kier alpha value is -6.31. The smallest absolute Gasteiger partial charge is 0.131 e. The predicted molar refractivity (Wildman–Crippen MR) is 244 cm³/mol. The van der Waals surface area contributed by atoms with E-state index in [1.165, 1.54) is 90.1 Å². The Labute approximate surface area is 337 Å². The fraction of sp³-hybridized carbons (Fsp3) is 0.0784. The molecule has 4 heterocycles. The molecule has 4 nitrogen and oxygen atoms in total. The van der Waals surface area contributed by atoms with Gasteiger partial charge in [0.25, 0.3) is 0 Å². The average molecular weight is 769 g/mol. The highest BCUT2D eigenvalue weighted by molar-refractivity contribution is 7.26. The van der Waals surface area contributed by atoms with Crippen molar-refractivity contribution in [3.8, 4) is 16.8 Å². The first kappa shape index (κ1) is 32.9. The minimum Gasteiger partial charge on any atom is -0.350 e. The topological polar surface area (TPSA) is 41.4 Å². The zero-order valence-electron chi connectivity index (χ0n) is 30.9. The molecule has 10 aromatic rings. The van der Waals surface area contributed by atoms with Crippen LogP contribution in [-0.2, 0) is 0 Å². The van der Waals surface area contributed by atoms with Gasteiger partial charge in [-0.25, -0.2) is 4.99 Å². The molecule has 6 heteroatoms. The number of hydrogen-bond acceptors (Lipinski definition) is 5. The van der Waals surface area contributed by atoms with E-state index in [1.54, 1.807) is 0 Å². The van der Waals surface area contributed by atoms with Crippen LogP contribution in [0.5, 0.6) is 0 Å². The monoisotopic (exact) mass is 768 g/mol. The van der Waals surface area contributed by atoms with Crippen LogP contribution < -0.4 is 10.6 Å². The number of nitrogens with zero attached hydrogens (tertiary/aromatic N) is 2. The van der Waals surface area contributed by atoms with Crippen LogP contribution in [0.1, 0.15) is 30.1 Å². The van der Waals surface area contributed by atoms with Crippen molar-refractivity contribution in [1.82, 2.24) is 15.2 Å². The fourth-order valence-electron chi connectivity index (χ4n) is 9.03. The molecule has 272 valence electrons. The van der Waals surface area contributed by atoms with Gasteiger partial charge in [0.2, 0.25) is 0 Å². The van der Waals surface area contributed by atoms with Gasteiger partial charge in [-0.2, -0.15) is 0 Å². The van der Waals surface area contributed by atoms with E-state index in [9.17, 15) is 0 Å². The molecule has 7 aromatic carbocycles. The van der Waals surface area contributed by atoms with E-state index in [2.05, 4.69) is 185 Å². The number of rotatable bonds is 5. The quantitative estimate of drug-likeness (QED) is 0.183. The summed E-state index contributed by atoms with van der Waals surface area (Å²) in [5.74, 6) is 0.919. The first-order valence-electron chi connectivity index (χ1n) is 19.7. The van der Waals surface area contributed by atoms with Crippen LogP contribution in [0.4, 0.5) is 0 Å². The van der Waals surface area contributed by atoms with Crippen LogP contribution >= 0.6 is 22.7 Å². The van der Waals surface area contributed by atoms with Gasteiger partial charge in [0.05, 0.1) is 11.0 Å². The normalized spacial score (nSPS) is 17.2. The van der Waals surface area contributed by atoms with Gasteiger partial charge in [-0.3, -0.25) is 5.32 Å². The molecule has 2 N–H and O–H groups in total. The van der Waals surface area contributed by atoms with Gasteiger partial charge in [0.1, 0.15) is 18.2 Å². The zero-order chi connectivity index (χ0) is 37.5. The molecule has 57 heavy (non-hydrogen) atoms. The van der Waals surface area contributed by atoms with Crippen molar-refractivity contribution in [2.24, 2.45) is 4.99 Å². The Bertz CT molecular complexity index is 3270. The molecule has 0 radical (unpaired) electrons. The maximum atomic E-state index is 5.31. The summed E-state index contributed by atoms with van der Waals surface area (Å²) >= 11 is 3.75. The summed E-state index contributed by atoms with van der Waals surface area (Å²) in [7, 11) is 0. The summed E-state index contributed by atoms with van der Waals surface area (Å²) in [6.07, 6.45) is 8.78. The number of fused-ring (bicyclic) bond motifs is 9. The maximum Gasteiger partial charge on any atom is 0.131 e. The van der Waals surface area contributed by atoms with E-state index in [0.717, 1.165) is 24.2 Å². The summed E-state index contributed by atoms with van der Waals surface area (Å²) in [5.41, 5.74) is 9.71. The zero-order valence-corrected chi connectivity index (χ0v) is 32.6. The van der Waals surface area contributed by atoms with Crippen molar-refractivity contribution in [1.29, 1.82) is 0 Å². The van der Waals surface area contributed by atoms with Gasteiger partial charge >= 0.3 is 0 Å². The number of para-hydroxylation sites is 2. The lowest BCUT2D eigenvalue weighted by atomic mass is 9.98. The molecule has 2 unspecified atom stereocenters. The van der Waals surface area contributed by atoms with Gasteiger partial charge in [-0.1, -0.05) is 121 Å². The standard InChI is InChI=1S/C51H36N4S2/c1-3-12-31(13-4-1)49-52-50(32-14-5-2-6-15-32)54-51(53-49)40-18-11-21-45-48(40)39-26-23-34(29-47(39)57-45)33-22-25-38-41-30-35(24-27-44(41)56-46(38)28-33)55-42-19-9-7-16-36(42)37-17-8-10-20-43(37)55/h1,3-5,7-30,50-51,54H,2,6H2,(H,52,53). The minimum absolute atomic E-state index is 0.0323. The third-order valence-corrected chi connectivity index (χ3v) is 14.0. The van der Waals surface area contributed by atoms with Crippen molar-refractivity contribution in [2.45, 2.75) is 25.2 Å². The summed E-state index contributed by atoms with van der Waals surface area (Å²) < 4.78 is 7.60. The predicted octanol–water partition coefficient (Wildman–Crippen LogP) is 13.4. The molecule has 2 atom stereocenters. The molecule has 1 aliphatic carbocycles. The van der Waals surface area contributed by atoms with Crippen LogP contribution in [0.15, 0.2) is 180 Å². The number of nitrogens with one attached hydrogen (secondary N) is 2. The number of hydrogen-bond donors (Lipinski definition) is 2. The second-order valence-corrected chi connectivity index (χ2v) is 17.2. The van der Waals surface area contributed by atoms with E-state index in [1.807, 2.05) is 22.7 Å². The molecule has 0 fully saturated rings. The van der Waals surface area contributed by atoms with Crippen molar-refractivity contribution < 1.29 is 0 Å². The Morgan fingerprint density at radius 2 is 1.26 bits per heavy atom. The second kappa shape index (κ2) is 13.1. The fourth-order valence-corrected chi connectivity index (χ4v) is 11.3. The van der Waals surface area contributed by atoms with Gasteiger partial charge in [0.15, 0.2) is 0 Å². The van der Waals surface area contributed by atoms with Gasteiger partial charge in [0, 0.05) is 67.9 Å². The van der Waals surface area contributed by atoms with Crippen molar-refractivity contribution in [3.05, 3.63) is 187 Å². The van der Waals surface area contributed by atoms with E-state index in [0.29, 0.717) is 0 Å². The summed E-state index contributed by atoms with van der Waals surface area (Å²) in [5, 5.41) is 15.3. The number of amidine groups is 1. The summed E-state index contributed by atoms with van der Waals surface area (Å²) in [6, 6.07) is 55.6. The van der Waals surface area contributed by atoms with E-state index in [4.69, 9.17) is 4.99 Å². The molecule has 0 bridgehead atoms. The molecule has 2 aliphatic rings. The van der Waals surface area contributed by atoms with Crippen LogP contribution in [0.3, 0.4) is 0 Å². The number of aromatic nitrogens is 1. The number of aliphatic imine (C=N–C) groups is 1. The Morgan fingerprint density at radius 1 is 0.544 bits per heavy atom. The van der Waals surface area contributed by atoms with E-state index in [-0.39, 0.29) is 12.3 Å². The lowest BCUT2D eigenvalue weighted by molar-refractivity contribution is 0.442. The van der Waals surface area contributed by atoms with Crippen LogP contribution in [0.2, 0.25) is 0 Å². The first-order chi connectivity index (χ1) is 28.2. The van der Waals surface area contributed by atoms with Gasteiger partial charge in [-0.15, -0.1) is 22.7 Å². The lowest BCUT2D eigenvalue weighted by Crippen LogP contribution is -2.52. The molecule has 0 amide bonds. The Morgan fingerprint density at radius 3 is 2.04 bits per heavy atom. The maximum absolute atomic E-state index is 5.31. The first-order valence-corrected chi connectivity index (χ1v) is 21.3. The summed E-state index contributed by atoms with van der Waals surface area (Å²) in [4.78, 5) is 5.31. The van der Waals surface area contributed by atoms with Crippen LogP contribution in [0, 0.1) is 0 Å². The largest absolute Gasteiger partial charge is 0.350 e.